The summed E-state index contributed by atoms with van der Waals surface area (Å²) in [4.78, 5) is 3.72. The molecule has 2 heterocycles. The quantitative estimate of drug-likeness (QED) is 0.773. The Hall–Kier alpha value is -1.01. The molecule has 1 aromatic heterocycles. The minimum absolute atomic E-state index is 0.254. The summed E-state index contributed by atoms with van der Waals surface area (Å²) < 4.78 is 37.2. The number of halogens is 2. The fourth-order valence-corrected chi connectivity index (χ4v) is 1.90. The Morgan fingerprint density at radius 1 is 1.16 bits per heavy atom. The van der Waals surface area contributed by atoms with Gasteiger partial charge in [0.15, 0.2) is 0 Å². The van der Waals surface area contributed by atoms with Crippen LogP contribution in [0.3, 0.4) is 0 Å². The number of nitrogens with zero attached hydrogens (tertiary/aromatic N) is 1. The molecular weight excluding hydrogens is 251 g/mol. The SMILES string of the molecule is Cc1cnc(C(F)F)cc1B1OC(C)(C)C(C)(C)O1. The van der Waals surface area contributed by atoms with E-state index in [4.69, 9.17) is 9.31 Å². The molecule has 0 radical (unpaired) electrons. The number of rotatable bonds is 2. The fourth-order valence-electron chi connectivity index (χ4n) is 1.90. The minimum atomic E-state index is -2.60. The molecule has 19 heavy (non-hydrogen) atoms. The molecule has 0 aromatic carbocycles. The number of alkyl halides is 2. The van der Waals surface area contributed by atoms with Crippen LogP contribution in [-0.4, -0.2) is 23.3 Å². The van der Waals surface area contributed by atoms with Gasteiger partial charge in [-0.2, -0.15) is 0 Å². The standard InChI is InChI=1S/C13H18BF2NO2/c1-8-7-17-10(11(15)16)6-9(8)14-18-12(2,3)13(4,5)19-14/h6-7,11H,1-5H3. The van der Waals surface area contributed by atoms with E-state index in [1.54, 1.807) is 0 Å². The summed E-state index contributed by atoms with van der Waals surface area (Å²) in [5.74, 6) is 0. The Kier molecular flexibility index (Phi) is 3.43. The lowest BCUT2D eigenvalue weighted by molar-refractivity contribution is 0.00578. The zero-order valence-electron chi connectivity index (χ0n) is 11.8. The molecule has 104 valence electrons. The summed E-state index contributed by atoms with van der Waals surface area (Å²) >= 11 is 0. The fraction of sp³-hybridized carbons (Fsp3) is 0.615. The van der Waals surface area contributed by atoms with Crippen molar-refractivity contribution < 1.29 is 18.1 Å². The zero-order valence-corrected chi connectivity index (χ0v) is 11.8. The Bertz CT molecular complexity index is 476. The van der Waals surface area contributed by atoms with Crippen LogP contribution < -0.4 is 5.46 Å². The maximum atomic E-state index is 12.7. The predicted molar refractivity (Wildman–Crippen MR) is 69.6 cm³/mol. The van der Waals surface area contributed by atoms with Crippen molar-refractivity contribution in [2.45, 2.75) is 52.2 Å². The van der Waals surface area contributed by atoms with Gasteiger partial charge in [-0.15, -0.1) is 0 Å². The van der Waals surface area contributed by atoms with Gasteiger partial charge < -0.3 is 9.31 Å². The number of aryl methyl sites for hydroxylation is 1. The Labute approximate surface area is 112 Å². The van der Waals surface area contributed by atoms with E-state index < -0.39 is 24.7 Å². The van der Waals surface area contributed by atoms with Crippen molar-refractivity contribution >= 4 is 12.6 Å². The molecule has 0 aliphatic carbocycles. The highest BCUT2D eigenvalue weighted by Gasteiger charge is 2.52. The summed E-state index contributed by atoms with van der Waals surface area (Å²) in [6.07, 6.45) is -1.16. The summed E-state index contributed by atoms with van der Waals surface area (Å²) in [7, 11) is -0.634. The summed E-state index contributed by atoms with van der Waals surface area (Å²) in [5.41, 5.74) is 0.165. The van der Waals surface area contributed by atoms with Crippen molar-refractivity contribution in [3.63, 3.8) is 0 Å². The molecule has 1 fully saturated rings. The molecule has 0 saturated carbocycles. The van der Waals surface area contributed by atoms with Crippen molar-refractivity contribution in [1.82, 2.24) is 4.98 Å². The lowest BCUT2D eigenvalue weighted by Crippen LogP contribution is -2.41. The first kappa shape index (κ1) is 14.4. The molecule has 0 bridgehead atoms. The van der Waals surface area contributed by atoms with Crippen LogP contribution in [0.2, 0.25) is 0 Å². The van der Waals surface area contributed by atoms with E-state index in [0.29, 0.717) is 5.46 Å². The maximum Gasteiger partial charge on any atom is 0.495 e. The van der Waals surface area contributed by atoms with E-state index in [0.717, 1.165) is 5.56 Å². The molecule has 3 nitrogen and oxygen atoms in total. The van der Waals surface area contributed by atoms with Crippen LogP contribution in [0, 0.1) is 6.92 Å². The van der Waals surface area contributed by atoms with Gasteiger partial charge in [0.05, 0.1) is 11.2 Å². The molecule has 0 unspecified atom stereocenters. The molecule has 0 N–H and O–H groups in total. The molecule has 1 saturated heterocycles. The highest BCUT2D eigenvalue weighted by Crippen LogP contribution is 2.36. The first-order valence-corrected chi connectivity index (χ1v) is 6.24. The number of hydrogen-bond donors (Lipinski definition) is 0. The number of aromatic nitrogens is 1. The van der Waals surface area contributed by atoms with Gasteiger partial charge in [-0.05, 0) is 51.7 Å². The largest absolute Gasteiger partial charge is 0.495 e. The van der Waals surface area contributed by atoms with E-state index in [-0.39, 0.29) is 5.69 Å². The van der Waals surface area contributed by atoms with E-state index in [1.165, 1.54) is 12.3 Å². The second kappa shape index (κ2) is 4.53. The molecule has 0 spiro atoms. The Morgan fingerprint density at radius 3 is 2.16 bits per heavy atom. The van der Waals surface area contributed by atoms with Gasteiger partial charge in [0, 0.05) is 6.20 Å². The van der Waals surface area contributed by atoms with Crippen LogP contribution in [0.25, 0.3) is 0 Å². The smallest absolute Gasteiger partial charge is 0.399 e. The maximum absolute atomic E-state index is 12.7. The third-order valence-corrected chi connectivity index (χ3v) is 3.90. The van der Waals surface area contributed by atoms with Crippen molar-refractivity contribution in [3.8, 4) is 0 Å². The van der Waals surface area contributed by atoms with Gasteiger partial charge in [0.1, 0.15) is 5.69 Å². The minimum Gasteiger partial charge on any atom is -0.399 e. The van der Waals surface area contributed by atoms with E-state index >= 15 is 0 Å². The van der Waals surface area contributed by atoms with E-state index in [9.17, 15) is 8.78 Å². The molecular formula is C13H18BF2NO2. The van der Waals surface area contributed by atoms with Gasteiger partial charge in [0.25, 0.3) is 6.43 Å². The Balaban J connectivity index is 2.36. The van der Waals surface area contributed by atoms with Crippen LogP contribution in [0.15, 0.2) is 12.3 Å². The van der Waals surface area contributed by atoms with Crippen molar-refractivity contribution in [3.05, 3.63) is 23.5 Å². The first-order valence-electron chi connectivity index (χ1n) is 6.24. The van der Waals surface area contributed by atoms with Gasteiger partial charge in [0.2, 0.25) is 0 Å². The molecule has 1 aliphatic rings. The molecule has 0 amide bonds. The number of pyridine rings is 1. The average molecular weight is 269 g/mol. The third-order valence-electron chi connectivity index (χ3n) is 3.90. The third kappa shape index (κ3) is 2.51. The van der Waals surface area contributed by atoms with Crippen LogP contribution in [-0.2, 0) is 9.31 Å². The van der Waals surface area contributed by atoms with Gasteiger partial charge in [-0.1, -0.05) is 0 Å². The summed E-state index contributed by atoms with van der Waals surface area (Å²) in [5, 5.41) is 0. The molecule has 0 atom stereocenters. The molecule has 6 heteroatoms. The van der Waals surface area contributed by atoms with Crippen molar-refractivity contribution in [2.75, 3.05) is 0 Å². The topological polar surface area (TPSA) is 31.4 Å². The van der Waals surface area contributed by atoms with E-state index in [1.807, 2.05) is 34.6 Å². The lowest BCUT2D eigenvalue weighted by Gasteiger charge is -2.32. The van der Waals surface area contributed by atoms with E-state index in [2.05, 4.69) is 4.98 Å². The highest BCUT2D eigenvalue weighted by molar-refractivity contribution is 6.62. The van der Waals surface area contributed by atoms with Gasteiger partial charge in [-0.25, -0.2) is 8.78 Å². The summed E-state index contributed by atoms with van der Waals surface area (Å²) in [6.45, 7) is 9.52. The molecule has 1 aromatic rings. The first-order chi connectivity index (χ1) is 8.64. The normalized spacial score (nSPS) is 21.2. The zero-order chi connectivity index (χ0) is 14.4. The van der Waals surface area contributed by atoms with Crippen LogP contribution in [0.5, 0.6) is 0 Å². The highest BCUT2D eigenvalue weighted by atomic mass is 19.3. The van der Waals surface area contributed by atoms with Crippen LogP contribution in [0.4, 0.5) is 8.78 Å². The Morgan fingerprint density at radius 2 is 1.68 bits per heavy atom. The predicted octanol–water partition coefficient (Wildman–Crippen LogP) is 2.63. The second-order valence-electron chi connectivity index (χ2n) is 5.85. The second-order valence-corrected chi connectivity index (χ2v) is 5.85. The van der Waals surface area contributed by atoms with Crippen molar-refractivity contribution in [1.29, 1.82) is 0 Å². The monoisotopic (exact) mass is 269 g/mol. The number of hydrogen-bond acceptors (Lipinski definition) is 3. The van der Waals surface area contributed by atoms with Gasteiger partial charge in [-0.3, -0.25) is 4.98 Å². The van der Waals surface area contributed by atoms with Gasteiger partial charge >= 0.3 is 7.12 Å². The van der Waals surface area contributed by atoms with Crippen molar-refractivity contribution in [2.24, 2.45) is 0 Å². The summed E-state index contributed by atoms with van der Waals surface area (Å²) in [6, 6.07) is 1.36. The molecule has 1 aliphatic heterocycles. The average Bonchev–Trinajstić information content (AvgIpc) is 2.48. The molecule has 2 rings (SSSR count). The van der Waals surface area contributed by atoms with Crippen LogP contribution in [0.1, 0.15) is 45.4 Å². The van der Waals surface area contributed by atoms with Crippen LogP contribution >= 0.6 is 0 Å². The lowest BCUT2D eigenvalue weighted by atomic mass is 9.76.